The summed E-state index contributed by atoms with van der Waals surface area (Å²) in [5.74, 6) is -0.311. The summed E-state index contributed by atoms with van der Waals surface area (Å²) >= 11 is 0.874. The van der Waals surface area contributed by atoms with Crippen LogP contribution in [0, 0.1) is 6.92 Å². The minimum atomic E-state index is -3.76. The van der Waals surface area contributed by atoms with Crippen LogP contribution in [0.2, 0.25) is 0 Å². The second kappa shape index (κ2) is 6.81. The number of hydrogen-bond donors (Lipinski definition) is 1. The Kier molecular flexibility index (Phi) is 4.90. The van der Waals surface area contributed by atoms with Crippen molar-refractivity contribution < 1.29 is 13.2 Å². The standard InChI is InChI=1S/C16H20N4O3S2/c1-4-14-13-6-5-10(2)9-12(13)7-8-20(14)25(22,23)16-19-18-15(24-16)17-11(3)21/h5-6,9,14H,4,7-8H2,1-3H3,(H,17,18,21). The zero-order valence-electron chi connectivity index (χ0n) is 14.3. The minimum Gasteiger partial charge on any atom is -0.301 e. The van der Waals surface area contributed by atoms with Gasteiger partial charge < -0.3 is 5.32 Å². The van der Waals surface area contributed by atoms with Gasteiger partial charge in [-0.2, -0.15) is 4.31 Å². The monoisotopic (exact) mass is 380 g/mol. The van der Waals surface area contributed by atoms with Gasteiger partial charge in [0.25, 0.3) is 10.0 Å². The molecule has 9 heteroatoms. The van der Waals surface area contributed by atoms with Gasteiger partial charge in [0.15, 0.2) is 0 Å². The van der Waals surface area contributed by atoms with Gasteiger partial charge in [-0.05, 0) is 30.9 Å². The molecule has 0 saturated carbocycles. The van der Waals surface area contributed by atoms with E-state index in [1.54, 1.807) is 0 Å². The Labute approximate surface area is 151 Å². The van der Waals surface area contributed by atoms with Gasteiger partial charge in [0.2, 0.25) is 15.4 Å². The van der Waals surface area contributed by atoms with Gasteiger partial charge in [-0.1, -0.05) is 42.0 Å². The molecule has 1 N–H and O–H groups in total. The summed E-state index contributed by atoms with van der Waals surface area (Å²) in [6.45, 7) is 5.76. The summed E-state index contributed by atoms with van der Waals surface area (Å²) in [6.07, 6.45) is 1.34. The zero-order valence-corrected chi connectivity index (χ0v) is 15.9. The Balaban J connectivity index is 1.95. The second-order valence-electron chi connectivity index (χ2n) is 6.05. The van der Waals surface area contributed by atoms with Gasteiger partial charge in [-0.15, -0.1) is 10.2 Å². The molecule has 1 atom stereocenters. The number of aryl methyl sites for hydroxylation is 1. The van der Waals surface area contributed by atoms with Crippen LogP contribution in [0.4, 0.5) is 5.13 Å². The van der Waals surface area contributed by atoms with E-state index in [-0.39, 0.29) is 21.4 Å². The highest BCUT2D eigenvalue weighted by molar-refractivity contribution is 7.91. The van der Waals surface area contributed by atoms with Crippen LogP contribution < -0.4 is 5.32 Å². The summed E-state index contributed by atoms with van der Waals surface area (Å²) in [4.78, 5) is 11.1. The average Bonchev–Trinajstić information content (AvgIpc) is 3.01. The quantitative estimate of drug-likeness (QED) is 0.823. The van der Waals surface area contributed by atoms with E-state index in [1.807, 2.05) is 26.0 Å². The molecule has 1 amide bonds. The van der Waals surface area contributed by atoms with Crippen molar-refractivity contribution in [3.63, 3.8) is 0 Å². The molecule has 7 nitrogen and oxygen atoms in total. The molecule has 1 aliphatic rings. The van der Waals surface area contributed by atoms with E-state index in [4.69, 9.17) is 0 Å². The fraction of sp³-hybridized carbons (Fsp3) is 0.438. The van der Waals surface area contributed by atoms with Crippen LogP contribution in [0.5, 0.6) is 0 Å². The average molecular weight is 380 g/mol. The lowest BCUT2D eigenvalue weighted by atomic mass is 9.91. The van der Waals surface area contributed by atoms with Crippen molar-refractivity contribution in [1.29, 1.82) is 0 Å². The zero-order chi connectivity index (χ0) is 18.2. The molecule has 3 rings (SSSR count). The number of carbonyl (C=O) groups excluding carboxylic acids is 1. The second-order valence-corrected chi connectivity index (χ2v) is 9.09. The smallest absolute Gasteiger partial charge is 0.272 e. The van der Waals surface area contributed by atoms with E-state index in [1.165, 1.54) is 22.4 Å². The summed E-state index contributed by atoms with van der Waals surface area (Å²) in [6, 6.07) is 5.94. The molecular formula is C16H20N4O3S2. The van der Waals surface area contributed by atoms with Gasteiger partial charge in [0.1, 0.15) is 0 Å². The number of nitrogens with zero attached hydrogens (tertiary/aromatic N) is 3. The SMILES string of the molecule is CCC1c2ccc(C)cc2CCN1S(=O)(=O)c1nnc(NC(C)=O)s1. The lowest BCUT2D eigenvalue weighted by Gasteiger charge is -2.35. The molecule has 0 spiro atoms. The molecular weight excluding hydrogens is 360 g/mol. The number of sulfonamides is 1. The fourth-order valence-electron chi connectivity index (χ4n) is 3.14. The molecule has 1 unspecified atom stereocenters. The fourth-order valence-corrected chi connectivity index (χ4v) is 5.89. The van der Waals surface area contributed by atoms with Crippen LogP contribution in [0.3, 0.4) is 0 Å². The number of carbonyl (C=O) groups is 1. The molecule has 0 aliphatic carbocycles. The molecule has 1 aliphatic heterocycles. The van der Waals surface area contributed by atoms with Crippen LogP contribution in [0.25, 0.3) is 0 Å². The number of benzene rings is 1. The van der Waals surface area contributed by atoms with Crippen LogP contribution in [0.15, 0.2) is 22.5 Å². The Morgan fingerprint density at radius 3 is 2.84 bits per heavy atom. The van der Waals surface area contributed by atoms with Crippen molar-refractivity contribution in [1.82, 2.24) is 14.5 Å². The Morgan fingerprint density at radius 1 is 1.40 bits per heavy atom. The van der Waals surface area contributed by atoms with Gasteiger partial charge in [-0.3, -0.25) is 4.79 Å². The summed E-state index contributed by atoms with van der Waals surface area (Å²) < 4.78 is 27.5. The van der Waals surface area contributed by atoms with Crippen LogP contribution in [-0.2, 0) is 21.2 Å². The highest BCUT2D eigenvalue weighted by Crippen LogP contribution is 2.37. The third-order valence-electron chi connectivity index (χ3n) is 4.21. The first kappa shape index (κ1) is 18.0. The first-order valence-electron chi connectivity index (χ1n) is 8.05. The van der Waals surface area contributed by atoms with Crippen molar-refractivity contribution >= 4 is 32.4 Å². The first-order chi connectivity index (χ1) is 11.8. The summed E-state index contributed by atoms with van der Waals surface area (Å²) in [5.41, 5.74) is 3.43. The van der Waals surface area contributed by atoms with Gasteiger partial charge in [0.05, 0.1) is 6.04 Å². The predicted octanol–water partition coefficient (Wildman–Crippen LogP) is 2.50. The van der Waals surface area contributed by atoms with E-state index in [2.05, 4.69) is 21.6 Å². The van der Waals surface area contributed by atoms with Gasteiger partial charge >= 0.3 is 0 Å². The van der Waals surface area contributed by atoms with Crippen LogP contribution >= 0.6 is 11.3 Å². The molecule has 0 radical (unpaired) electrons. The number of amides is 1. The van der Waals surface area contributed by atoms with Crippen LogP contribution in [0.1, 0.15) is 43.0 Å². The Morgan fingerprint density at radius 2 is 2.16 bits per heavy atom. The van der Waals surface area contributed by atoms with E-state index in [0.717, 1.165) is 16.9 Å². The molecule has 1 aromatic heterocycles. The van der Waals surface area contributed by atoms with Gasteiger partial charge in [0, 0.05) is 13.5 Å². The van der Waals surface area contributed by atoms with Gasteiger partial charge in [-0.25, -0.2) is 8.42 Å². The molecule has 1 aromatic carbocycles. The minimum absolute atomic E-state index is 0.0924. The third-order valence-corrected chi connectivity index (χ3v) is 7.30. The Bertz CT molecular complexity index is 908. The van der Waals surface area contributed by atoms with Crippen LogP contribution in [-0.4, -0.2) is 35.4 Å². The maximum absolute atomic E-state index is 13.1. The first-order valence-corrected chi connectivity index (χ1v) is 10.3. The van der Waals surface area contributed by atoms with Crippen molar-refractivity contribution in [2.24, 2.45) is 0 Å². The molecule has 134 valence electrons. The maximum atomic E-state index is 13.1. The molecule has 2 aromatic rings. The molecule has 0 saturated heterocycles. The normalized spacial score (nSPS) is 18.0. The lowest BCUT2D eigenvalue weighted by molar-refractivity contribution is -0.114. The predicted molar refractivity (Wildman–Crippen MR) is 96.0 cm³/mol. The van der Waals surface area contributed by atoms with Crippen molar-refractivity contribution in [3.8, 4) is 0 Å². The Hall–Kier alpha value is -1.84. The van der Waals surface area contributed by atoms with E-state index in [0.29, 0.717) is 19.4 Å². The van der Waals surface area contributed by atoms with Crippen molar-refractivity contribution in [2.45, 2.75) is 44.0 Å². The number of fused-ring (bicyclic) bond motifs is 1. The lowest BCUT2D eigenvalue weighted by Crippen LogP contribution is -2.39. The number of hydrogen-bond acceptors (Lipinski definition) is 6. The summed E-state index contributed by atoms with van der Waals surface area (Å²) in [7, 11) is -3.76. The molecule has 0 bridgehead atoms. The van der Waals surface area contributed by atoms with Crippen molar-refractivity contribution in [2.75, 3.05) is 11.9 Å². The highest BCUT2D eigenvalue weighted by Gasteiger charge is 2.37. The van der Waals surface area contributed by atoms with Crippen molar-refractivity contribution in [3.05, 3.63) is 34.9 Å². The van der Waals surface area contributed by atoms with E-state index < -0.39 is 10.0 Å². The number of aromatic nitrogens is 2. The third kappa shape index (κ3) is 3.44. The highest BCUT2D eigenvalue weighted by atomic mass is 32.2. The largest absolute Gasteiger partial charge is 0.301 e. The summed E-state index contributed by atoms with van der Waals surface area (Å²) in [5, 5.41) is 10.2. The van der Waals surface area contributed by atoms with E-state index in [9.17, 15) is 13.2 Å². The maximum Gasteiger partial charge on any atom is 0.272 e. The molecule has 0 fully saturated rings. The van der Waals surface area contributed by atoms with E-state index >= 15 is 0 Å². The number of nitrogens with one attached hydrogen (secondary N) is 1. The molecule has 25 heavy (non-hydrogen) atoms. The number of rotatable bonds is 4. The molecule has 2 heterocycles. The topological polar surface area (TPSA) is 92.3 Å². The number of anilines is 1.